The van der Waals surface area contributed by atoms with Gasteiger partial charge in [-0.25, -0.2) is 4.98 Å². The average Bonchev–Trinajstić information content (AvgIpc) is 3.20. The van der Waals surface area contributed by atoms with Crippen LogP contribution in [0.3, 0.4) is 0 Å². The number of hydrogen-bond donors (Lipinski definition) is 1. The standard InChI is InChI=1S/C19H24N4O3S/c1-2-20-18(24)11-22-7-9-23(10-8-22)19(25)16-5-3-4-6-17(16)26-12-15-13-27-14-21-15/h3-6,13-14H,2,7-12H2,1H3,(H,20,24). The Kier molecular flexibility index (Phi) is 6.78. The number of likely N-dealkylation sites (N-methyl/N-ethyl adjacent to an activating group) is 1. The molecular weight excluding hydrogens is 364 g/mol. The van der Waals surface area contributed by atoms with Gasteiger partial charge >= 0.3 is 0 Å². The summed E-state index contributed by atoms with van der Waals surface area (Å²) < 4.78 is 5.83. The largest absolute Gasteiger partial charge is 0.486 e. The van der Waals surface area contributed by atoms with Crippen molar-refractivity contribution in [1.29, 1.82) is 0 Å². The van der Waals surface area contributed by atoms with Gasteiger partial charge in [-0.1, -0.05) is 12.1 Å². The molecule has 27 heavy (non-hydrogen) atoms. The van der Waals surface area contributed by atoms with Crippen LogP contribution in [0.4, 0.5) is 0 Å². The van der Waals surface area contributed by atoms with Gasteiger partial charge in [0.2, 0.25) is 5.91 Å². The van der Waals surface area contributed by atoms with Crippen molar-refractivity contribution in [2.24, 2.45) is 0 Å². The summed E-state index contributed by atoms with van der Waals surface area (Å²) in [7, 11) is 0. The van der Waals surface area contributed by atoms with Gasteiger partial charge in [0.05, 0.1) is 23.3 Å². The molecule has 0 spiro atoms. The van der Waals surface area contributed by atoms with E-state index in [4.69, 9.17) is 4.74 Å². The molecule has 1 aliphatic rings. The van der Waals surface area contributed by atoms with E-state index in [0.717, 1.165) is 5.69 Å². The van der Waals surface area contributed by atoms with Crippen LogP contribution in [0.15, 0.2) is 35.2 Å². The van der Waals surface area contributed by atoms with Crippen LogP contribution in [0, 0.1) is 0 Å². The molecular formula is C19H24N4O3S. The fourth-order valence-electron chi connectivity index (χ4n) is 2.97. The summed E-state index contributed by atoms with van der Waals surface area (Å²) in [6, 6.07) is 7.30. The maximum atomic E-state index is 12.9. The number of hydrogen-bond acceptors (Lipinski definition) is 6. The number of nitrogens with zero attached hydrogens (tertiary/aromatic N) is 3. The number of carbonyl (C=O) groups is 2. The van der Waals surface area contributed by atoms with Crippen molar-refractivity contribution in [2.75, 3.05) is 39.3 Å². The molecule has 2 heterocycles. The predicted molar refractivity (Wildman–Crippen MR) is 104 cm³/mol. The van der Waals surface area contributed by atoms with Crippen LogP contribution in [0.25, 0.3) is 0 Å². The monoisotopic (exact) mass is 388 g/mol. The van der Waals surface area contributed by atoms with Crippen molar-refractivity contribution in [3.8, 4) is 5.75 Å². The summed E-state index contributed by atoms with van der Waals surface area (Å²) in [4.78, 5) is 32.7. The SMILES string of the molecule is CCNC(=O)CN1CCN(C(=O)c2ccccc2OCc2cscn2)CC1. The number of carbonyl (C=O) groups excluding carboxylic acids is 2. The van der Waals surface area contributed by atoms with Crippen LogP contribution in [0.1, 0.15) is 23.0 Å². The molecule has 7 nitrogen and oxygen atoms in total. The first-order valence-electron chi connectivity index (χ1n) is 9.04. The lowest BCUT2D eigenvalue weighted by molar-refractivity contribution is -0.122. The van der Waals surface area contributed by atoms with E-state index in [1.165, 1.54) is 11.3 Å². The van der Waals surface area contributed by atoms with Crippen LogP contribution >= 0.6 is 11.3 Å². The van der Waals surface area contributed by atoms with Crippen LogP contribution in [0.5, 0.6) is 5.75 Å². The van der Waals surface area contributed by atoms with Crippen molar-refractivity contribution < 1.29 is 14.3 Å². The number of ether oxygens (including phenoxy) is 1. The lowest BCUT2D eigenvalue weighted by Gasteiger charge is -2.34. The molecule has 1 aromatic carbocycles. The van der Waals surface area contributed by atoms with E-state index in [1.54, 1.807) is 11.6 Å². The Balaban J connectivity index is 1.57. The van der Waals surface area contributed by atoms with Crippen LogP contribution in [-0.2, 0) is 11.4 Å². The Morgan fingerprint density at radius 2 is 2.00 bits per heavy atom. The van der Waals surface area contributed by atoms with Crippen LogP contribution < -0.4 is 10.1 Å². The maximum absolute atomic E-state index is 12.9. The van der Waals surface area contributed by atoms with E-state index >= 15 is 0 Å². The summed E-state index contributed by atoms with van der Waals surface area (Å²) in [5, 5.41) is 4.73. The van der Waals surface area contributed by atoms with Crippen molar-refractivity contribution in [3.63, 3.8) is 0 Å². The van der Waals surface area contributed by atoms with E-state index in [-0.39, 0.29) is 11.8 Å². The second-order valence-corrected chi connectivity index (χ2v) is 7.01. The zero-order chi connectivity index (χ0) is 19.1. The van der Waals surface area contributed by atoms with Gasteiger partial charge in [-0.05, 0) is 19.1 Å². The highest BCUT2D eigenvalue weighted by Gasteiger charge is 2.25. The van der Waals surface area contributed by atoms with Gasteiger partial charge in [0.15, 0.2) is 0 Å². The minimum absolute atomic E-state index is 0.0260. The first-order valence-corrected chi connectivity index (χ1v) is 9.99. The van der Waals surface area contributed by atoms with E-state index in [2.05, 4.69) is 15.2 Å². The van der Waals surface area contributed by atoms with Crippen molar-refractivity contribution in [1.82, 2.24) is 20.1 Å². The van der Waals surface area contributed by atoms with E-state index in [9.17, 15) is 9.59 Å². The molecule has 144 valence electrons. The number of amides is 2. The van der Waals surface area contributed by atoms with Crippen LogP contribution in [-0.4, -0.2) is 65.9 Å². The molecule has 2 amide bonds. The second kappa shape index (κ2) is 9.48. The molecule has 1 N–H and O–H groups in total. The number of rotatable bonds is 7. The van der Waals surface area contributed by atoms with Crippen molar-refractivity contribution in [2.45, 2.75) is 13.5 Å². The summed E-state index contributed by atoms with van der Waals surface area (Å²) in [5.74, 6) is 0.555. The van der Waals surface area contributed by atoms with Gasteiger partial charge in [-0.15, -0.1) is 11.3 Å². The Labute approximate surface area is 162 Å². The minimum Gasteiger partial charge on any atom is -0.486 e. The van der Waals surface area contributed by atoms with Gasteiger partial charge in [0.25, 0.3) is 5.91 Å². The van der Waals surface area contributed by atoms with Gasteiger partial charge in [0, 0.05) is 38.1 Å². The molecule has 0 bridgehead atoms. The van der Waals surface area contributed by atoms with E-state index < -0.39 is 0 Å². The zero-order valence-electron chi connectivity index (χ0n) is 15.4. The lowest BCUT2D eigenvalue weighted by atomic mass is 10.1. The fraction of sp³-hybridized carbons (Fsp3) is 0.421. The Morgan fingerprint density at radius 1 is 1.22 bits per heavy atom. The maximum Gasteiger partial charge on any atom is 0.257 e. The Morgan fingerprint density at radius 3 is 2.70 bits per heavy atom. The second-order valence-electron chi connectivity index (χ2n) is 6.29. The van der Waals surface area contributed by atoms with Gasteiger partial charge in [-0.2, -0.15) is 0 Å². The smallest absolute Gasteiger partial charge is 0.257 e. The topological polar surface area (TPSA) is 74.8 Å². The molecule has 1 aliphatic heterocycles. The first-order chi connectivity index (χ1) is 13.2. The Hall–Kier alpha value is -2.45. The lowest BCUT2D eigenvalue weighted by Crippen LogP contribution is -2.51. The number of piperazine rings is 1. The molecule has 0 radical (unpaired) electrons. The predicted octanol–water partition coefficient (Wildman–Crippen LogP) is 1.62. The summed E-state index contributed by atoms with van der Waals surface area (Å²) in [6.45, 7) is 5.82. The minimum atomic E-state index is -0.0402. The molecule has 0 saturated carbocycles. The van der Waals surface area contributed by atoms with Crippen molar-refractivity contribution >= 4 is 23.2 Å². The molecule has 3 rings (SSSR count). The van der Waals surface area contributed by atoms with E-state index in [0.29, 0.717) is 57.2 Å². The molecule has 0 atom stereocenters. The Bertz CT molecular complexity index is 758. The molecule has 1 saturated heterocycles. The van der Waals surface area contributed by atoms with Gasteiger partial charge in [-0.3, -0.25) is 14.5 Å². The highest BCUT2D eigenvalue weighted by atomic mass is 32.1. The average molecular weight is 388 g/mol. The molecule has 2 aromatic rings. The highest BCUT2D eigenvalue weighted by molar-refractivity contribution is 7.07. The fourth-order valence-corrected chi connectivity index (χ4v) is 3.51. The highest BCUT2D eigenvalue weighted by Crippen LogP contribution is 2.22. The third kappa shape index (κ3) is 5.27. The normalized spacial score (nSPS) is 14.8. The summed E-state index contributed by atoms with van der Waals surface area (Å²) in [6.07, 6.45) is 0. The van der Waals surface area contributed by atoms with Crippen molar-refractivity contribution in [3.05, 3.63) is 46.4 Å². The molecule has 8 heteroatoms. The molecule has 0 unspecified atom stereocenters. The number of nitrogens with one attached hydrogen (secondary N) is 1. The van der Waals surface area contributed by atoms with Gasteiger partial charge < -0.3 is 15.0 Å². The molecule has 1 aromatic heterocycles. The summed E-state index contributed by atoms with van der Waals surface area (Å²) >= 11 is 1.52. The third-order valence-corrected chi connectivity index (χ3v) is 5.01. The number of aromatic nitrogens is 1. The van der Waals surface area contributed by atoms with E-state index in [1.807, 2.05) is 35.4 Å². The molecule has 1 fully saturated rings. The number of thiazole rings is 1. The summed E-state index contributed by atoms with van der Waals surface area (Å²) in [5.41, 5.74) is 3.17. The van der Waals surface area contributed by atoms with Crippen LogP contribution in [0.2, 0.25) is 0 Å². The first kappa shape index (κ1) is 19.3. The molecule has 0 aliphatic carbocycles. The number of benzene rings is 1. The van der Waals surface area contributed by atoms with Gasteiger partial charge in [0.1, 0.15) is 12.4 Å². The number of para-hydroxylation sites is 1. The third-order valence-electron chi connectivity index (χ3n) is 4.38. The zero-order valence-corrected chi connectivity index (χ0v) is 16.2. The quantitative estimate of drug-likeness (QED) is 0.780.